The van der Waals surface area contributed by atoms with Crippen LogP contribution in [0, 0.1) is 22.7 Å². The van der Waals surface area contributed by atoms with Crippen LogP contribution in [-0.4, -0.2) is 29.8 Å². The highest BCUT2D eigenvalue weighted by molar-refractivity contribution is 5.75. The van der Waals surface area contributed by atoms with Gasteiger partial charge in [-0.15, -0.1) is 0 Å². The van der Waals surface area contributed by atoms with E-state index in [1.54, 1.807) is 13.8 Å². The number of hydrogen-bond acceptors (Lipinski definition) is 7. The molecule has 0 aromatic rings. The Labute approximate surface area is 130 Å². The molecule has 0 radical (unpaired) electrons. The van der Waals surface area contributed by atoms with Crippen molar-refractivity contribution >= 4 is 5.91 Å². The molecular formula is C14H21N5O3. The SMILES string of the molecule is CCNC(=O)CCC(C)(C#N)N=NC(C)(C#N)CCC1OO1. The first-order valence-corrected chi connectivity index (χ1v) is 7.22. The molecule has 1 aliphatic heterocycles. The Morgan fingerprint density at radius 1 is 1.18 bits per heavy atom. The summed E-state index contributed by atoms with van der Waals surface area (Å²) < 4.78 is 0. The lowest BCUT2D eigenvalue weighted by molar-refractivity contribution is -0.121. The van der Waals surface area contributed by atoms with Gasteiger partial charge in [0.05, 0.1) is 12.1 Å². The summed E-state index contributed by atoms with van der Waals surface area (Å²) >= 11 is 0. The van der Waals surface area contributed by atoms with Gasteiger partial charge in [0.1, 0.15) is 0 Å². The second-order valence-electron chi connectivity index (χ2n) is 5.59. The number of nitrogens with zero attached hydrogens (tertiary/aromatic N) is 4. The van der Waals surface area contributed by atoms with Gasteiger partial charge < -0.3 is 5.32 Å². The molecule has 2 atom stereocenters. The van der Waals surface area contributed by atoms with E-state index in [1.807, 2.05) is 6.92 Å². The van der Waals surface area contributed by atoms with Crippen LogP contribution < -0.4 is 5.32 Å². The normalized spacial score (nSPS) is 19.7. The molecule has 22 heavy (non-hydrogen) atoms. The molecule has 1 fully saturated rings. The van der Waals surface area contributed by atoms with Crippen LogP contribution in [0.3, 0.4) is 0 Å². The van der Waals surface area contributed by atoms with E-state index < -0.39 is 11.1 Å². The van der Waals surface area contributed by atoms with Crippen LogP contribution in [0.2, 0.25) is 0 Å². The van der Waals surface area contributed by atoms with Gasteiger partial charge in [0.2, 0.25) is 12.2 Å². The highest BCUT2D eigenvalue weighted by Crippen LogP contribution is 2.27. The monoisotopic (exact) mass is 307 g/mol. The third-order valence-electron chi connectivity index (χ3n) is 3.29. The van der Waals surface area contributed by atoms with Crippen LogP contribution in [-0.2, 0) is 14.6 Å². The van der Waals surface area contributed by atoms with Gasteiger partial charge in [0.25, 0.3) is 0 Å². The zero-order valence-electron chi connectivity index (χ0n) is 13.1. The van der Waals surface area contributed by atoms with E-state index >= 15 is 0 Å². The molecule has 1 N–H and O–H groups in total. The summed E-state index contributed by atoms with van der Waals surface area (Å²) in [5.41, 5.74) is -2.17. The first kappa shape index (κ1) is 18.0. The topological polar surface area (TPSA) is 126 Å². The highest BCUT2D eigenvalue weighted by atomic mass is 17.4. The van der Waals surface area contributed by atoms with Crippen LogP contribution in [0.4, 0.5) is 0 Å². The molecule has 0 aliphatic carbocycles. The van der Waals surface area contributed by atoms with E-state index in [0.29, 0.717) is 19.4 Å². The third kappa shape index (κ3) is 6.17. The lowest BCUT2D eigenvalue weighted by Crippen LogP contribution is -2.28. The number of carbonyl (C=O) groups excluding carboxylic acids is 1. The molecule has 2 unspecified atom stereocenters. The van der Waals surface area contributed by atoms with Crippen LogP contribution in [0.15, 0.2) is 10.2 Å². The molecule has 1 heterocycles. The summed E-state index contributed by atoms with van der Waals surface area (Å²) in [5, 5.41) is 29.2. The van der Waals surface area contributed by atoms with E-state index in [0.717, 1.165) is 0 Å². The van der Waals surface area contributed by atoms with Gasteiger partial charge in [-0.1, -0.05) is 0 Å². The Kier molecular flexibility index (Phi) is 6.41. The number of nitriles is 2. The minimum Gasteiger partial charge on any atom is -0.356 e. The Morgan fingerprint density at radius 2 is 1.73 bits per heavy atom. The largest absolute Gasteiger partial charge is 0.356 e. The minimum absolute atomic E-state index is 0.134. The quantitative estimate of drug-likeness (QED) is 0.396. The van der Waals surface area contributed by atoms with Gasteiger partial charge in [-0.05, 0) is 33.6 Å². The van der Waals surface area contributed by atoms with Crippen molar-refractivity contribution < 1.29 is 14.6 Å². The Bertz CT molecular complexity index is 506. The average Bonchev–Trinajstić information content (AvgIpc) is 3.34. The van der Waals surface area contributed by atoms with Crippen molar-refractivity contribution in [2.75, 3.05) is 6.54 Å². The fraction of sp³-hybridized carbons (Fsp3) is 0.786. The van der Waals surface area contributed by atoms with Crippen molar-refractivity contribution in [1.29, 1.82) is 10.5 Å². The number of carbonyl (C=O) groups is 1. The average molecular weight is 307 g/mol. The standard InChI is InChI=1S/C14H21N5O3/c1-4-17-11(20)5-7-13(2,9-15)18-19-14(3,10-16)8-6-12-21-22-12/h12H,4-8H2,1-3H3,(H,17,20). The Balaban J connectivity index is 2.62. The first-order valence-electron chi connectivity index (χ1n) is 7.22. The zero-order chi connectivity index (χ0) is 16.6. The van der Waals surface area contributed by atoms with Crippen molar-refractivity contribution in [1.82, 2.24) is 5.32 Å². The van der Waals surface area contributed by atoms with Crippen molar-refractivity contribution in [2.24, 2.45) is 10.2 Å². The summed E-state index contributed by atoms with van der Waals surface area (Å²) in [6.07, 6.45) is 1.10. The molecule has 0 saturated carbocycles. The Morgan fingerprint density at radius 3 is 2.18 bits per heavy atom. The predicted octanol–water partition coefficient (Wildman–Crippen LogP) is 1.99. The van der Waals surface area contributed by atoms with E-state index in [2.05, 4.69) is 37.5 Å². The molecule has 8 nitrogen and oxygen atoms in total. The number of rotatable bonds is 9. The van der Waals surface area contributed by atoms with Crippen molar-refractivity contribution in [3.63, 3.8) is 0 Å². The maximum absolute atomic E-state index is 11.5. The van der Waals surface area contributed by atoms with E-state index in [-0.39, 0.29) is 25.0 Å². The van der Waals surface area contributed by atoms with E-state index in [4.69, 9.17) is 0 Å². The summed E-state index contributed by atoms with van der Waals surface area (Å²) in [7, 11) is 0. The molecular weight excluding hydrogens is 286 g/mol. The number of azo groups is 1. The van der Waals surface area contributed by atoms with Gasteiger partial charge in [-0.25, -0.2) is 0 Å². The lowest BCUT2D eigenvalue weighted by atomic mass is 9.97. The molecule has 1 rings (SSSR count). The highest BCUT2D eigenvalue weighted by Gasteiger charge is 2.33. The van der Waals surface area contributed by atoms with Gasteiger partial charge in [-0.2, -0.15) is 30.5 Å². The van der Waals surface area contributed by atoms with Crippen LogP contribution in [0.5, 0.6) is 0 Å². The fourth-order valence-electron chi connectivity index (χ4n) is 1.65. The summed E-state index contributed by atoms with van der Waals surface area (Å²) in [5.74, 6) is -0.134. The lowest BCUT2D eigenvalue weighted by Gasteiger charge is -2.19. The molecule has 120 valence electrons. The van der Waals surface area contributed by atoms with Crippen LogP contribution in [0.1, 0.15) is 46.5 Å². The van der Waals surface area contributed by atoms with E-state index in [1.165, 1.54) is 0 Å². The van der Waals surface area contributed by atoms with Crippen molar-refractivity contribution in [3.8, 4) is 12.1 Å². The fourth-order valence-corrected chi connectivity index (χ4v) is 1.65. The van der Waals surface area contributed by atoms with Gasteiger partial charge in [0.15, 0.2) is 11.1 Å². The summed E-state index contributed by atoms with van der Waals surface area (Å²) in [6.45, 7) is 5.61. The van der Waals surface area contributed by atoms with Crippen LogP contribution in [0.25, 0.3) is 0 Å². The van der Waals surface area contributed by atoms with Gasteiger partial charge in [0, 0.05) is 19.4 Å². The summed E-state index contributed by atoms with van der Waals surface area (Å²) in [4.78, 5) is 20.7. The smallest absolute Gasteiger partial charge is 0.224 e. The van der Waals surface area contributed by atoms with Gasteiger partial charge in [-0.3, -0.25) is 4.79 Å². The zero-order valence-corrected chi connectivity index (χ0v) is 13.1. The minimum atomic E-state index is -1.13. The first-order chi connectivity index (χ1) is 10.4. The van der Waals surface area contributed by atoms with Gasteiger partial charge >= 0.3 is 0 Å². The Hall–Kier alpha value is -2.03. The second kappa shape index (κ2) is 7.83. The molecule has 0 bridgehead atoms. The molecule has 1 aliphatic rings. The number of amides is 1. The third-order valence-corrected chi connectivity index (χ3v) is 3.29. The van der Waals surface area contributed by atoms with E-state index in [9.17, 15) is 15.3 Å². The van der Waals surface area contributed by atoms with Crippen molar-refractivity contribution in [2.45, 2.75) is 63.8 Å². The maximum atomic E-state index is 11.5. The molecule has 1 saturated heterocycles. The molecule has 1 amide bonds. The summed E-state index contributed by atoms with van der Waals surface area (Å²) in [6, 6.07) is 4.13. The number of nitrogens with one attached hydrogen (secondary N) is 1. The molecule has 0 spiro atoms. The molecule has 0 aromatic carbocycles. The van der Waals surface area contributed by atoms with Crippen molar-refractivity contribution in [3.05, 3.63) is 0 Å². The number of hydrogen-bond donors (Lipinski definition) is 1. The predicted molar refractivity (Wildman–Crippen MR) is 76.0 cm³/mol. The second-order valence-corrected chi connectivity index (χ2v) is 5.59. The molecule has 0 aromatic heterocycles. The molecule has 8 heteroatoms. The maximum Gasteiger partial charge on any atom is 0.224 e. The van der Waals surface area contributed by atoms with Crippen LogP contribution >= 0.6 is 0 Å².